The molecule has 0 radical (unpaired) electrons. The molecule has 4 N–H and O–H groups in total. The number of carbonyl (C=O) groups excluding carboxylic acids is 2. The first-order chi connectivity index (χ1) is 16.2. The first kappa shape index (κ1) is 25.4. The summed E-state index contributed by atoms with van der Waals surface area (Å²) in [4.78, 5) is 29.9. The molecular weight excluding hydrogens is 448 g/mol. The van der Waals surface area contributed by atoms with E-state index in [9.17, 15) is 9.59 Å². The molecule has 0 saturated carbocycles. The normalized spacial score (nSPS) is 13.1. The second-order valence-corrected chi connectivity index (χ2v) is 9.93. The Bertz CT molecular complexity index is 1050. The maximum absolute atomic E-state index is 13.0. The fraction of sp³-hybridized carbons (Fsp3) is 0.346. The highest BCUT2D eigenvalue weighted by atomic mass is 32.1. The number of benzene rings is 2. The number of hydrogen-bond donors (Lipinski definition) is 3. The standard InChI is InChI=1S/C26H32N4O3S/c1-26(2,3)30-25(32)23(29-24(31)22(27)14-20-16-34-17-28-20)13-18-9-11-21(12-10-18)33-15-19-7-5-4-6-8-19/h4-12,16-17,22-23H,13-15,27H2,1-3H3,(H,29,31)(H,30,32)/t22-,23?/m0/s1. The molecule has 2 aromatic carbocycles. The summed E-state index contributed by atoms with van der Waals surface area (Å²) in [6.45, 7) is 6.17. The van der Waals surface area contributed by atoms with Gasteiger partial charge in [-0.3, -0.25) is 9.59 Å². The molecule has 0 fully saturated rings. The molecule has 180 valence electrons. The van der Waals surface area contributed by atoms with Gasteiger partial charge in [0.15, 0.2) is 0 Å². The molecule has 0 aliphatic carbocycles. The maximum atomic E-state index is 13.0. The number of amides is 2. The molecule has 1 unspecified atom stereocenters. The smallest absolute Gasteiger partial charge is 0.243 e. The summed E-state index contributed by atoms with van der Waals surface area (Å²) in [5.74, 6) is 0.0913. The van der Waals surface area contributed by atoms with Crippen LogP contribution in [0.3, 0.4) is 0 Å². The Hall–Kier alpha value is -3.23. The highest BCUT2D eigenvalue weighted by Crippen LogP contribution is 2.16. The molecule has 3 rings (SSSR count). The Morgan fingerprint density at radius 1 is 1.00 bits per heavy atom. The Labute approximate surface area is 204 Å². The van der Waals surface area contributed by atoms with E-state index in [2.05, 4.69) is 15.6 Å². The molecule has 2 atom stereocenters. The van der Waals surface area contributed by atoms with Gasteiger partial charge in [-0.1, -0.05) is 42.5 Å². The van der Waals surface area contributed by atoms with Crippen molar-refractivity contribution in [2.75, 3.05) is 0 Å². The van der Waals surface area contributed by atoms with Crippen molar-refractivity contribution in [1.29, 1.82) is 0 Å². The van der Waals surface area contributed by atoms with E-state index in [1.54, 1.807) is 5.51 Å². The van der Waals surface area contributed by atoms with Crippen molar-refractivity contribution in [2.24, 2.45) is 5.73 Å². The van der Waals surface area contributed by atoms with Gasteiger partial charge in [-0.05, 0) is 44.0 Å². The summed E-state index contributed by atoms with van der Waals surface area (Å²) < 4.78 is 5.84. The van der Waals surface area contributed by atoms with Crippen molar-refractivity contribution < 1.29 is 14.3 Å². The lowest BCUT2D eigenvalue weighted by Gasteiger charge is -2.26. The third kappa shape index (κ3) is 8.28. The van der Waals surface area contributed by atoms with Crippen LogP contribution in [0.1, 0.15) is 37.6 Å². The topological polar surface area (TPSA) is 106 Å². The van der Waals surface area contributed by atoms with Crippen molar-refractivity contribution in [2.45, 2.75) is 57.8 Å². The molecule has 0 aliphatic heterocycles. The molecule has 0 aliphatic rings. The Morgan fingerprint density at radius 3 is 2.32 bits per heavy atom. The summed E-state index contributed by atoms with van der Waals surface area (Å²) in [6.07, 6.45) is 0.645. The number of rotatable bonds is 10. The molecule has 1 heterocycles. The van der Waals surface area contributed by atoms with Crippen LogP contribution in [0, 0.1) is 0 Å². The molecule has 1 aromatic heterocycles. The van der Waals surface area contributed by atoms with Gasteiger partial charge in [0.1, 0.15) is 18.4 Å². The van der Waals surface area contributed by atoms with Crippen LogP contribution in [0.15, 0.2) is 65.5 Å². The average molecular weight is 481 g/mol. The van der Waals surface area contributed by atoms with E-state index in [0.717, 1.165) is 22.6 Å². The minimum atomic E-state index is -0.791. The van der Waals surface area contributed by atoms with Crippen LogP contribution < -0.4 is 21.1 Å². The largest absolute Gasteiger partial charge is 0.489 e. The molecule has 2 amide bonds. The number of carbonyl (C=O) groups is 2. The van der Waals surface area contributed by atoms with E-state index in [4.69, 9.17) is 10.5 Å². The fourth-order valence-electron chi connectivity index (χ4n) is 3.30. The van der Waals surface area contributed by atoms with Gasteiger partial charge in [0.2, 0.25) is 11.8 Å². The van der Waals surface area contributed by atoms with Crippen LogP contribution in [0.25, 0.3) is 0 Å². The molecule has 7 nitrogen and oxygen atoms in total. The van der Waals surface area contributed by atoms with Crippen molar-refractivity contribution in [3.63, 3.8) is 0 Å². The van der Waals surface area contributed by atoms with Crippen molar-refractivity contribution >= 4 is 23.2 Å². The van der Waals surface area contributed by atoms with Gasteiger partial charge >= 0.3 is 0 Å². The first-order valence-electron chi connectivity index (χ1n) is 11.2. The fourth-order valence-corrected chi connectivity index (χ4v) is 3.87. The van der Waals surface area contributed by atoms with Crippen LogP contribution in [-0.4, -0.2) is 34.4 Å². The summed E-state index contributed by atoms with van der Waals surface area (Å²) in [5.41, 5.74) is 10.1. The first-order valence-corrected chi connectivity index (χ1v) is 12.1. The number of aromatic nitrogens is 1. The minimum Gasteiger partial charge on any atom is -0.489 e. The van der Waals surface area contributed by atoms with Crippen molar-refractivity contribution in [3.05, 3.63) is 82.3 Å². The predicted octanol–water partition coefficient (Wildman–Crippen LogP) is 3.23. The third-order valence-corrected chi connectivity index (χ3v) is 5.63. The van der Waals surface area contributed by atoms with Gasteiger partial charge in [0.25, 0.3) is 0 Å². The molecule has 0 bridgehead atoms. The number of nitrogens with two attached hydrogens (primary N) is 1. The van der Waals surface area contributed by atoms with Gasteiger partial charge in [-0.15, -0.1) is 11.3 Å². The van der Waals surface area contributed by atoms with E-state index >= 15 is 0 Å². The Balaban J connectivity index is 1.64. The van der Waals surface area contributed by atoms with Gasteiger partial charge in [0, 0.05) is 23.8 Å². The quantitative estimate of drug-likeness (QED) is 0.413. The predicted molar refractivity (Wildman–Crippen MR) is 135 cm³/mol. The van der Waals surface area contributed by atoms with Gasteiger partial charge in [-0.25, -0.2) is 4.98 Å². The van der Waals surface area contributed by atoms with Gasteiger partial charge in [-0.2, -0.15) is 0 Å². The minimum absolute atomic E-state index is 0.258. The Morgan fingerprint density at radius 2 is 1.71 bits per heavy atom. The molecule has 8 heteroatoms. The summed E-state index contributed by atoms with van der Waals surface area (Å²) >= 11 is 1.45. The highest BCUT2D eigenvalue weighted by Gasteiger charge is 2.27. The number of hydrogen-bond acceptors (Lipinski definition) is 6. The average Bonchev–Trinajstić information content (AvgIpc) is 3.30. The van der Waals surface area contributed by atoms with E-state index in [-0.39, 0.29) is 11.8 Å². The Kier molecular flexibility index (Phi) is 8.79. The molecule has 3 aromatic rings. The number of thiazole rings is 1. The second-order valence-electron chi connectivity index (χ2n) is 9.21. The lowest BCUT2D eigenvalue weighted by Crippen LogP contribution is -2.56. The molecule has 34 heavy (non-hydrogen) atoms. The lowest BCUT2D eigenvalue weighted by molar-refractivity contribution is -0.130. The van der Waals surface area contributed by atoms with E-state index in [0.29, 0.717) is 19.4 Å². The van der Waals surface area contributed by atoms with Crippen LogP contribution in [-0.2, 0) is 29.0 Å². The lowest BCUT2D eigenvalue weighted by atomic mass is 10.0. The van der Waals surface area contributed by atoms with Crippen LogP contribution >= 0.6 is 11.3 Å². The van der Waals surface area contributed by atoms with Crippen LogP contribution in [0.4, 0.5) is 0 Å². The van der Waals surface area contributed by atoms with E-state index < -0.39 is 17.6 Å². The SMILES string of the molecule is CC(C)(C)NC(=O)C(Cc1ccc(OCc2ccccc2)cc1)NC(=O)[C@@H](N)Cc1cscn1. The van der Waals surface area contributed by atoms with E-state index in [1.165, 1.54) is 11.3 Å². The zero-order valence-electron chi connectivity index (χ0n) is 19.8. The van der Waals surface area contributed by atoms with Crippen molar-refractivity contribution in [3.8, 4) is 5.75 Å². The number of nitrogens with one attached hydrogen (secondary N) is 2. The summed E-state index contributed by atoms with van der Waals surface area (Å²) in [6, 6.07) is 15.9. The molecular formula is C26H32N4O3S. The van der Waals surface area contributed by atoms with E-state index in [1.807, 2.05) is 80.7 Å². The van der Waals surface area contributed by atoms with Crippen molar-refractivity contribution in [1.82, 2.24) is 15.6 Å². The third-order valence-electron chi connectivity index (χ3n) is 4.99. The van der Waals surface area contributed by atoms with Crippen LogP contribution in [0.5, 0.6) is 5.75 Å². The molecule has 0 saturated heterocycles. The van der Waals surface area contributed by atoms with Gasteiger partial charge in [0.05, 0.1) is 17.2 Å². The zero-order valence-corrected chi connectivity index (χ0v) is 20.6. The summed E-state index contributed by atoms with van der Waals surface area (Å²) in [7, 11) is 0. The maximum Gasteiger partial charge on any atom is 0.243 e. The number of nitrogens with zero attached hydrogens (tertiary/aromatic N) is 1. The van der Waals surface area contributed by atoms with Crippen LogP contribution in [0.2, 0.25) is 0 Å². The number of ether oxygens (including phenoxy) is 1. The zero-order chi connectivity index (χ0) is 24.6. The van der Waals surface area contributed by atoms with Gasteiger partial charge < -0.3 is 21.1 Å². The highest BCUT2D eigenvalue weighted by molar-refractivity contribution is 7.07. The summed E-state index contributed by atoms with van der Waals surface area (Å²) in [5, 5.41) is 7.64. The molecule has 0 spiro atoms. The second kappa shape index (κ2) is 11.8. The monoisotopic (exact) mass is 480 g/mol.